The standard InChI is InChI=1S/C27H46N5O4P/c1-3-4-5-6-7-8-9-10-11-12-13-14-15-16-17-18-19-36-37(33,34)23-35-24(2)20-32-22-31-25-26(28)29-21-30-27(25)32/h1,21-22,24H,4-20,23H2,2H3,(H,33,34)(H2,28,29,30)/p-1/t24-/m1/s1. The van der Waals surface area contributed by atoms with Crippen LogP contribution < -0.4 is 10.6 Å². The zero-order chi connectivity index (χ0) is 26.8. The molecule has 37 heavy (non-hydrogen) atoms. The first-order valence-electron chi connectivity index (χ1n) is 13.8. The van der Waals surface area contributed by atoms with Crippen molar-refractivity contribution in [2.75, 3.05) is 18.7 Å². The first kappa shape index (κ1) is 31.2. The van der Waals surface area contributed by atoms with Crippen molar-refractivity contribution < 1.29 is 18.7 Å². The van der Waals surface area contributed by atoms with Crippen LogP contribution in [0.15, 0.2) is 12.7 Å². The van der Waals surface area contributed by atoms with Gasteiger partial charge in [-0.2, -0.15) is 0 Å². The van der Waals surface area contributed by atoms with Gasteiger partial charge in [0.05, 0.1) is 25.6 Å². The maximum Gasteiger partial charge on any atom is 0.165 e. The lowest BCUT2D eigenvalue weighted by Crippen LogP contribution is -2.20. The lowest BCUT2D eigenvalue weighted by Gasteiger charge is -2.25. The Bertz CT molecular complexity index is 977. The molecule has 0 spiro atoms. The summed E-state index contributed by atoms with van der Waals surface area (Å²) in [5.41, 5.74) is 6.90. The zero-order valence-electron chi connectivity index (χ0n) is 22.5. The second-order valence-corrected chi connectivity index (χ2v) is 11.5. The van der Waals surface area contributed by atoms with Crippen LogP contribution in [0.5, 0.6) is 0 Å². The molecule has 0 fully saturated rings. The Morgan fingerprint density at radius 2 is 1.54 bits per heavy atom. The Hall–Kier alpha value is -1.98. The maximum absolute atomic E-state index is 12.2. The van der Waals surface area contributed by atoms with Crippen molar-refractivity contribution >= 4 is 24.6 Å². The predicted octanol–water partition coefficient (Wildman–Crippen LogP) is 5.83. The van der Waals surface area contributed by atoms with Crippen molar-refractivity contribution in [1.29, 1.82) is 0 Å². The lowest BCUT2D eigenvalue weighted by atomic mass is 10.0. The van der Waals surface area contributed by atoms with Crippen LogP contribution in [-0.4, -0.2) is 38.6 Å². The number of terminal acetylenes is 1. The van der Waals surface area contributed by atoms with Crippen molar-refractivity contribution in [2.45, 2.75) is 116 Å². The van der Waals surface area contributed by atoms with Crippen LogP contribution >= 0.6 is 7.60 Å². The van der Waals surface area contributed by atoms with Crippen LogP contribution in [-0.2, 0) is 20.4 Å². The summed E-state index contributed by atoms with van der Waals surface area (Å²) in [4.78, 5) is 24.5. The number of rotatable bonds is 22. The van der Waals surface area contributed by atoms with Crippen LogP contribution in [0.2, 0.25) is 0 Å². The Labute approximate surface area is 222 Å². The van der Waals surface area contributed by atoms with E-state index in [9.17, 15) is 9.46 Å². The first-order chi connectivity index (χ1) is 17.9. The molecule has 0 aliphatic rings. The third-order valence-electron chi connectivity index (χ3n) is 6.40. The maximum atomic E-state index is 12.2. The lowest BCUT2D eigenvalue weighted by molar-refractivity contribution is -0.205. The number of nitrogens with two attached hydrogens (primary N) is 1. The molecule has 0 saturated carbocycles. The van der Waals surface area contributed by atoms with Crippen molar-refractivity contribution in [3.63, 3.8) is 0 Å². The fourth-order valence-electron chi connectivity index (χ4n) is 4.27. The average molecular weight is 535 g/mol. The summed E-state index contributed by atoms with van der Waals surface area (Å²) in [7, 11) is -4.03. The van der Waals surface area contributed by atoms with Crippen molar-refractivity contribution in [3.8, 4) is 12.3 Å². The molecule has 2 aromatic rings. The van der Waals surface area contributed by atoms with E-state index < -0.39 is 13.9 Å². The monoisotopic (exact) mass is 534 g/mol. The highest BCUT2D eigenvalue weighted by Crippen LogP contribution is 2.37. The number of nitrogens with zero attached hydrogens (tertiary/aromatic N) is 4. The molecule has 0 aromatic carbocycles. The minimum atomic E-state index is -4.03. The average Bonchev–Trinajstić information content (AvgIpc) is 3.28. The number of fused-ring (bicyclic) bond motifs is 1. The molecular formula is C27H45N5O4P-. The second kappa shape index (κ2) is 18.3. The number of nitrogen functional groups attached to an aromatic ring is 1. The number of aromatic nitrogens is 4. The van der Waals surface area contributed by atoms with Gasteiger partial charge >= 0.3 is 0 Å². The van der Waals surface area contributed by atoms with Gasteiger partial charge in [-0.15, -0.1) is 12.3 Å². The third-order valence-corrected chi connectivity index (χ3v) is 7.45. The van der Waals surface area contributed by atoms with Crippen molar-refractivity contribution in [1.82, 2.24) is 19.5 Å². The molecule has 9 nitrogen and oxygen atoms in total. The molecule has 10 heteroatoms. The SMILES string of the molecule is C#CCCCCCCCCCCCCCCCCOP(=O)([O-])CO[C@H](C)Cn1cnc2c(N)ncnc21. The summed E-state index contributed by atoms with van der Waals surface area (Å²) < 4.78 is 24.6. The molecule has 0 saturated heterocycles. The van der Waals surface area contributed by atoms with Crippen LogP contribution in [0.25, 0.3) is 11.2 Å². The molecule has 2 aromatic heterocycles. The van der Waals surface area contributed by atoms with E-state index in [4.69, 9.17) is 21.4 Å². The highest BCUT2D eigenvalue weighted by atomic mass is 31.2. The number of ether oxygens (including phenoxy) is 1. The summed E-state index contributed by atoms with van der Waals surface area (Å²) in [5, 5.41) is 0. The summed E-state index contributed by atoms with van der Waals surface area (Å²) >= 11 is 0. The van der Waals surface area contributed by atoms with Crippen LogP contribution in [0.4, 0.5) is 5.82 Å². The van der Waals surface area contributed by atoms with Crippen LogP contribution in [0.1, 0.15) is 103 Å². The van der Waals surface area contributed by atoms with E-state index >= 15 is 0 Å². The minimum absolute atomic E-state index is 0.212. The van der Waals surface area contributed by atoms with E-state index in [1.807, 2.05) is 0 Å². The first-order valence-corrected chi connectivity index (χ1v) is 15.6. The molecule has 0 amide bonds. The summed E-state index contributed by atoms with van der Waals surface area (Å²) in [6, 6.07) is 0. The van der Waals surface area contributed by atoms with Crippen LogP contribution in [0.3, 0.4) is 0 Å². The number of anilines is 1. The van der Waals surface area contributed by atoms with E-state index in [1.165, 1.54) is 77.0 Å². The van der Waals surface area contributed by atoms with Gasteiger partial charge in [-0.3, -0.25) is 0 Å². The molecule has 0 aliphatic carbocycles. The highest BCUT2D eigenvalue weighted by Gasteiger charge is 2.14. The fraction of sp³-hybridized carbons (Fsp3) is 0.741. The van der Waals surface area contributed by atoms with E-state index in [-0.39, 0.29) is 12.7 Å². The molecule has 2 rings (SSSR count). The Morgan fingerprint density at radius 1 is 0.973 bits per heavy atom. The molecule has 2 heterocycles. The predicted molar refractivity (Wildman–Crippen MR) is 147 cm³/mol. The van der Waals surface area contributed by atoms with Gasteiger partial charge in [-0.05, 0) is 19.8 Å². The van der Waals surface area contributed by atoms with Gasteiger partial charge in [0.1, 0.15) is 18.2 Å². The van der Waals surface area contributed by atoms with Gasteiger partial charge in [0.15, 0.2) is 19.1 Å². The number of hydrogen-bond acceptors (Lipinski definition) is 8. The summed E-state index contributed by atoms with van der Waals surface area (Å²) in [5.74, 6) is 3.00. The summed E-state index contributed by atoms with van der Waals surface area (Å²) in [6.07, 6.45) is 25.3. The molecular weight excluding hydrogens is 489 g/mol. The normalized spacial score (nSPS) is 14.0. The van der Waals surface area contributed by atoms with Gasteiger partial charge in [0, 0.05) is 6.42 Å². The molecule has 0 radical (unpaired) electrons. The summed E-state index contributed by atoms with van der Waals surface area (Å²) in [6.45, 7) is 2.39. The zero-order valence-corrected chi connectivity index (χ0v) is 23.4. The van der Waals surface area contributed by atoms with E-state index in [0.29, 0.717) is 23.5 Å². The Balaban J connectivity index is 1.42. The highest BCUT2D eigenvalue weighted by molar-refractivity contribution is 7.51. The quantitative estimate of drug-likeness (QED) is 0.114. The molecule has 0 aliphatic heterocycles. The van der Waals surface area contributed by atoms with E-state index in [0.717, 1.165) is 25.7 Å². The smallest absolute Gasteiger partial charge is 0.165 e. The molecule has 208 valence electrons. The topological polar surface area (TPSA) is 128 Å². The molecule has 1 unspecified atom stereocenters. The number of hydrogen-bond donors (Lipinski definition) is 1. The van der Waals surface area contributed by atoms with Gasteiger partial charge in [-0.25, -0.2) is 15.0 Å². The Kier molecular flexibility index (Phi) is 15.5. The molecule has 2 N–H and O–H groups in total. The third kappa shape index (κ3) is 13.4. The van der Waals surface area contributed by atoms with E-state index in [1.54, 1.807) is 17.8 Å². The van der Waals surface area contributed by atoms with E-state index in [2.05, 4.69) is 20.9 Å². The minimum Gasteiger partial charge on any atom is -0.777 e. The van der Waals surface area contributed by atoms with Gasteiger partial charge in [-0.1, -0.05) is 77.0 Å². The molecule has 0 bridgehead atoms. The van der Waals surface area contributed by atoms with Gasteiger partial charge < -0.3 is 29.0 Å². The second-order valence-electron chi connectivity index (χ2n) is 9.78. The molecule has 2 atom stereocenters. The van der Waals surface area contributed by atoms with Gasteiger partial charge in [0.2, 0.25) is 0 Å². The van der Waals surface area contributed by atoms with Crippen molar-refractivity contribution in [2.24, 2.45) is 0 Å². The largest absolute Gasteiger partial charge is 0.777 e. The number of unbranched alkanes of at least 4 members (excludes halogenated alkanes) is 14. The van der Waals surface area contributed by atoms with Crippen molar-refractivity contribution in [3.05, 3.63) is 12.7 Å². The fourth-order valence-corrected chi connectivity index (χ4v) is 5.19. The van der Waals surface area contributed by atoms with Gasteiger partial charge in [0.25, 0.3) is 0 Å². The van der Waals surface area contributed by atoms with Crippen LogP contribution in [0, 0.1) is 12.3 Å². The number of imidazole rings is 1. The Morgan fingerprint density at radius 3 is 2.14 bits per heavy atom.